The van der Waals surface area contributed by atoms with Gasteiger partial charge in [0.1, 0.15) is 0 Å². The lowest BCUT2D eigenvalue weighted by molar-refractivity contribution is -0.0266. The standard InChI is InChI=1S/C14H21NO2/c16-12-4-9-15-10-7-14(17,8-11-15)13-5-2-1-3-6-13/h1-3,5-6,16-17H,4,7-12H2. The molecule has 17 heavy (non-hydrogen) atoms. The van der Waals surface area contributed by atoms with E-state index >= 15 is 0 Å². The summed E-state index contributed by atoms with van der Waals surface area (Å²) < 4.78 is 0. The number of piperidine rings is 1. The summed E-state index contributed by atoms with van der Waals surface area (Å²) in [5.41, 5.74) is 0.374. The zero-order chi connectivity index (χ0) is 12.1. The van der Waals surface area contributed by atoms with E-state index in [-0.39, 0.29) is 6.61 Å². The Hall–Kier alpha value is -0.900. The van der Waals surface area contributed by atoms with Gasteiger partial charge in [-0.25, -0.2) is 0 Å². The quantitative estimate of drug-likeness (QED) is 0.828. The number of aliphatic hydroxyl groups excluding tert-OH is 1. The Kier molecular flexibility index (Phi) is 4.15. The molecule has 0 aliphatic carbocycles. The summed E-state index contributed by atoms with van der Waals surface area (Å²) in [5, 5.41) is 19.4. The number of hydrogen-bond acceptors (Lipinski definition) is 3. The zero-order valence-corrected chi connectivity index (χ0v) is 10.2. The van der Waals surface area contributed by atoms with Gasteiger partial charge >= 0.3 is 0 Å². The second-order valence-corrected chi connectivity index (χ2v) is 4.82. The molecule has 1 fully saturated rings. The van der Waals surface area contributed by atoms with Crippen molar-refractivity contribution in [3.63, 3.8) is 0 Å². The van der Waals surface area contributed by atoms with Crippen molar-refractivity contribution in [2.24, 2.45) is 0 Å². The molecule has 3 nitrogen and oxygen atoms in total. The first kappa shape index (κ1) is 12.6. The van der Waals surface area contributed by atoms with Crippen LogP contribution in [0.5, 0.6) is 0 Å². The molecular formula is C14H21NO2. The highest BCUT2D eigenvalue weighted by Gasteiger charge is 2.33. The molecule has 1 aliphatic heterocycles. The lowest BCUT2D eigenvalue weighted by Gasteiger charge is -2.38. The topological polar surface area (TPSA) is 43.7 Å². The van der Waals surface area contributed by atoms with E-state index in [2.05, 4.69) is 4.90 Å². The third-order valence-electron chi connectivity index (χ3n) is 3.63. The molecule has 1 aliphatic rings. The number of likely N-dealkylation sites (tertiary alicyclic amines) is 1. The van der Waals surface area contributed by atoms with E-state index in [0.29, 0.717) is 0 Å². The lowest BCUT2D eigenvalue weighted by Crippen LogP contribution is -2.43. The molecule has 0 unspecified atom stereocenters. The molecule has 1 aromatic carbocycles. The predicted molar refractivity (Wildman–Crippen MR) is 67.7 cm³/mol. The largest absolute Gasteiger partial charge is 0.396 e. The first-order valence-corrected chi connectivity index (χ1v) is 6.36. The Morgan fingerprint density at radius 3 is 2.35 bits per heavy atom. The summed E-state index contributed by atoms with van der Waals surface area (Å²) in [7, 11) is 0. The predicted octanol–water partition coefficient (Wildman–Crippen LogP) is 1.35. The van der Waals surface area contributed by atoms with E-state index in [4.69, 9.17) is 5.11 Å². The third-order valence-corrected chi connectivity index (χ3v) is 3.63. The van der Waals surface area contributed by atoms with Gasteiger partial charge in [-0.3, -0.25) is 0 Å². The monoisotopic (exact) mass is 235 g/mol. The summed E-state index contributed by atoms with van der Waals surface area (Å²) in [6.07, 6.45) is 2.38. The highest BCUT2D eigenvalue weighted by Crippen LogP contribution is 2.32. The van der Waals surface area contributed by atoms with Crippen LogP contribution in [0.25, 0.3) is 0 Å². The van der Waals surface area contributed by atoms with Gasteiger partial charge in [-0.1, -0.05) is 30.3 Å². The summed E-state index contributed by atoms with van der Waals surface area (Å²) in [6.45, 7) is 3.00. The molecule has 2 N–H and O–H groups in total. The first-order chi connectivity index (χ1) is 8.24. The fourth-order valence-corrected chi connectivity index (χ4v) is 2.48. The average molecular weight is 235 g/mol. The van der Waals surface area contributed by atoms with Crippen molar-refractivity contribution in [1.82, 2.24) is 4.90 Å². The molecule has 0 saturated carbocycles. The Morgan fingerprint density at radius 1 is 1.12 bits per heavy atom. The van der Waals surface area contributed by atoms with E-state index in [0.717, 1.165) is 44.5 Å². The van der Waals surface area contributed by atoms with Crippen molar-refractivity contribution in [1.29, 1.82) is 0 Å². The summed E-state index contributed by atoms with van der Waals surface area (Å²) in [6, 6.07) is 9.94. The number of benzene rings is 1. The minimum absolute atomic E-state index is 0.249. The van der Waals surface area contributed by atoms with Crippen LogP contribution >= 0.6 is 0 Å². The normalized spacial score (nSPS) is 20.4. The summed E-state index contributed by atoms with van der Waals surface area (Å²) in [5.74, 6) is 0. The lowest BCUT2D eigenvalue weighted by atomic mass is 9.84. The van der Waals surface area contributed by atoms with Gasteiger partial charge in [-0.05, 0) is 24.8 Å². The summed E-state index contributed by atoms with van der Waals surface area (Å²) >= 11 is 0. The Labute approximate surface area is 103 Å². The first-order valence-electron chi connectivity index (χ1n) is 6.36. The number of nitrogens with zero attached hydrogens (tertiary/aromatic N) is 1. The molecule has 0 spiro atoms. The molecule has 0 amide bonds. The zero-order valence-electron chi connectivity index (χ0n) is 10.2. The maximum Gasteiger partial charge on any atom is 0.0920 e. The van der Waals surface area contributed by atoms with Gasteiger partial charge < -0.3 is 15.1 Å². The van der Waals surface area contributed by atoms with Crippen LogP contribution in [0.4, 0.5) is 0 Å². The van der Waals surface area contributed by atoms with Gasteiger partial charge in [0.05, 0.1) is 5.60 Å². The maximum atomic E-state index is 10.6. The van der Waals surface area contributed by atoms with Crippen molar-refractivity contribution in [3.8, 4) is 0 Å². The minimum atomic E-state index is -0.656. The van der Waals surface area contributed by atoms with E-state index in [1.54, 1.807) is 0 Å². The van der Waals surface area contributed by atoms with Crippen LogP contribution < -0.4 is 0 Å². The fraction of sp³-hybridized carbons (Fsp3) is 0.571. The van der Waals surface area contributed by atoms with Crippen LogP contribution in [-0.2, 0) is 5.60 Å². The molecule has 3 heteroatoms. The van der Waals surface area contributed by atoms with Gasteiger partial charge in [0, 0.05) is 26.2 Å². The van der Waals surface area contributed by atoms with Gasteiger partial charge in [0.15, 0.2) is 0 Å². The number of aliphatic hydroxyl groups is 2. The molecule has 0 atom stereocenters. The van der Waals surface area contributed by atoms with Gasteiger partial charge in [0.2, 0.25) is 0 Å². The maximum absolute atomic E-state index is 10.6. The van der Waals surface area contributed by atoms with Crippen molar-refractivity contribution in [3.05, 3.63) is 35.9 Å². The van der Waals surface area contributed by atoms with E-state index in [9.17, 15) is 5.11 Å². The molecule has 94 valence electrons. The third kappa shape index (κ3) is 3.06. The van der Waals surface area contributed by atoms with Gasteiger partial charge in [-0.15, -0.1) is 0 Å². The second kappa shape index (κ2) is 5.63. The minimum Gasteiger partial charge on any atom is -0.396 e. The Morgan fingerprint density at radius 2 is 1.76 bits per heavy atom. The van der Waals surface area contributed by atoms with Gasteiger partial charge in [0.25, 0.3) is 0 Å². The number of hydrogen-bond donors (Lipinski definition) is 2. The smallest absolute Gasteiger partial charge is 0.0920 e. The van der Waals surface area contributed by atoms with Crippen LogP contribution in [0.15, 0.2) is 30.3 Å². The Balaban J connectivity index is 1.93. The van der Waals surface area contributed by atoms with Crippen LogP contribution in [0.1, 0.15) is 24.8 Å². The summed E-state index contributed by atoms with van der Waals surface area (Å²) in [4.78, 5) is 2.31. The number of rotatable bonds is 4. The average Bonchev–Trinajstić information content (AvgIpc) is 2.39. The van der Waals surface area contributed by atoms with Crippen LogP contribution in [0.3, 0.4) is 0 Å². The highest BCUT2D eigenvalue weighted by molar-refractivity contribution is 5.22. The molecule has 0 bridgehead atoms. The highest BCUT2D eigenvalue weighted by atomic mass is 16.3. The fourth-order valence-electron chi connectivity index (χ4n) is 2.48. The van der Waals surface area contributed by atoms with Crippen LogP contribution in [0.2, 0.25) is 0 Å². The van der Waals surface area contributed by atoms with Crippen LogP contribution in [-0.4, -0.2) is 41.4 Å². The van der Waals surface area contributed by atoms with Crippen molar-refractivity contribution < 1.29 is 10.2 Å². The molecule has 1 heterocycles. The van der Waals surface area contributed by atoms with E-state index < -0.39 is 5.60 Å². The van der Waals surface area contributed by atoms with Crippen LogP contribution in [0, 0.1) is 0 Å². The Bertz CT molecular complexity index is 331. The van der Waals surface area contributed by atoms with Crippen molar-refractivity contribution >= 4 is 0 Å². The molecule has 0 radical (unpaired) electrons. The molecular weight excluding hydrogens is 214 g/mol. The molecule has 2 rings (SSSR count). The van der Waals surface area contributed by atoms with Crippen molar-refractivity contribution in [2.75, 3.05) is 26.2 Å². The van der Waals surface area contributed by atoms with E-state index in [1.807, 2.05) is 30.3 Å². The van der Waals surface area contributed by atoms with E-state index in [1.165, 1.54) is 0 Å². The molecule has 1 saturated heterocycles. The SMILES string of the molecule is OCCCN1CCC(O)(c2ccccc2)CC1. The second-order valence-electron chi connectivity index (χ2n) is 4.82. The molecule has 0 aromatic heterocycles. The van der Waals surface area contributed by atoms with Crippen molar-refractivity contribution in [2.45, 2.75) is 24.9 Å². The van der Waals surface area contributed by atoms with Gasteiger partial charge in [-0.2, -0.15) is 0 Å². The molecule has 1 aromatic rings.